The SMILES string of the molecule is Cc1ccc(-c2csc3ncn(CC(=O)Nc4ccccc4F)c(=O)c23)cc1. The van der Waals surface area contributed by atoms with Crippen LogP contribution in [0.1, 0.15) is 5.56 Å². The summed E-state index contributed by atoms with van der Waals surface area (Å²) in [7, 11) is 0. The van der Waals surface area contributed by atoms with Gasteiger partial charge in [-0.1, -0.05) is 42.0 Å². The van der Waals surface area contributed by atoms with Gasteiger partial charge in [0, 0.05) is 10.9 Å². The van der Waals surface area contributed by atoms with Crippen molar-refractivity contribution in [3.05, 3.63) is 82.0 Å². The highest BCUT2D eigenvalue weighted by Gasteiger charge is 2.15. The van der Waals surface area contributed by atoms with Crippen LogP contribution in [0.15, 0.2) is 65.0 Å². The third-order valence-electron chi connectivity index (χ3n) is 4.39. The van der Waals surface area contributed by atoms with Crippen LogP contribution in [0.25, 0.3) is 21.3 Å². The number of aryl methyl sites for hydroxylation is 1. The highest BCUT2D eigenvalue weighted by Crippen LogP contribution is 2.30. The van der Waals surface area contributed by atoms with E-state index in [4.69, 9.17) is 0 Å². The van der Waals surface area contributed by atoms with E-state index in [0.717, 1.165) is 16.7 Å². The molecule has 0 aliphatic carbocycles. The molecule has 5 nitrogen and oxygen atoms in total. The molecule has 0 aliphatic heterocycles. The van der Waals surface area contributed by atoms with Gasteiger partial charge in [0.2, 0.25) is 5.91 Å². The molecule has 140 valence electrons. The number of amides is 1. The van der Waals surface area contributed by atoms with E-state index < -0.39 is 11.7 Å². The molecule has 0 spiro atoms. The first-order chi connectivity index (χ1) is 13.5. The molecule has 7 heteroatoms. The standard InChI is InChI=1S/C21H16FN3O2S/c1-13-6-8-14(9-7-13)15-11-28-20-19(15)21(27)25(12-23-20)10-18(26)24-17-5-3-2-4-16(17)22/h2-9,11-12H,10H2,1H3,(H,24,26). The number of benzene rings is 2. The Hall–Kier alpha value is -3.32. The molecule has 4 aromatic rings. The minimum atomic E-state index is -0.531. The summed E-state index contributed by atoms with van der Waals surface area (Å²) in [5.74, 6) is -1.03. The second-order valence-corrected chi connectivity index (χ2v) is 7.26. The van der Waals surface area contributed by atoms with Gasteiger partial charge in [-0.25, -0.2) is 9.37 Å². The Morgan fingerprint density at radius 1 is 1.18 bits per heavy atom. The highest BCUT2D eigenvalue weighted by atomic mass is 32.1. The molecular weight excluding hydrogens is 377 g/mol. The topological polar surface area (TPSA) is 64.0 Å². The lowest BCUT2D eigenvalue weighted by atomic mass is 10.1. The number of halogens is 1. The van der Waals surface area contributed by atoms with Gasteiger partial charge in [0.1, 0.15) is 17.2 Å². The maximum absolute atomic E-state index is 13.7. The summed E-state index contributed by atoms with van der Waals surface area (Å²) in [6, 6.07) is 13.8. The fraction of sp³-hybridized carbons (Fsp3) is 0.0952. The van der Waals surface area contributed by atoms with E-state index in [1.807, 2.05) is 36.6 Å². The van der Waals surface area contributed by atoms with E-state index >= 15 is 0 Å². The van der Waals surface area contributed by atoms with Gasteiger partial charge in [-0.3, -0.25) is 14.2 Å². The zero-order valence-corrected chi connectivity index (χ0v) is 15.8. The van der Waals surface area contributed by atoms with Crippen molar-refractivity contribution < 1.29 is 9.18 Å². The van der Waals surface area contributed by atoms with Crippen molar-refractivity contribution in [2.75, 3.05) is 5.32 Å². The quantitative estimate of drug-likeness (QED) is 0.565. The molecule has 0 atom stereocenters. The van der Waals surface area contributed by atoms with Gasteiger partial charge in [0.15, 0.2) is 0 Å². The smallest absolute Gasteiger partial charge is 0.263 e. The maximum Gasteiger partial charge on any atom is 0.263 e. The first kappa shape index (κ1) is 18.1. The predicted molar refractivity (Wildman–Crippen MR) is 109 cm³/mol. The summed E-state index contributed by atoms with van der Waals surface area (Å²) in [6.07, 6.45) is 1.35. The van der Waals surface area contributed by atoms with E-state index in [0.29, 0.717) is 10.2 Å². The summed E-state index contributed by atoms with van der Waals surface area (Å²) >= 11 is 1.38. The largest absolute Gasteiger partial charge is 0.322 e. The zero-order chi connectivity index (χ0) is 19.7. The predicted octanol–water partition coefficient (Wildman–Crippen LogP) is 4.21. The number of rotatable bonds is 4. The molecule has 0 unspecified atom stereocenters. The van der Waals surface area contributed by atoms with Crippen molar-refractivity contribution in [1.29, 1.82) is 0 Å². The van der Waals surface area contributed by atoms with Crippen molar-refractivity contribution in [3.8, 4) is 11.1 Å². The van der Waals surface area contributed by atoms with Crippen molar-refractivity contribution >= 4 is 33.1 Å². The van der Waals surface area contributed by atoms with E-state index in [-0.39, 0.29) is 17.8 Å². The van der Waals surface area contributed by atoms with E-state index in [1.54, 1.807) is 6.07 Å². The number of nitrogens with zero attached hydrogens (tertiary/aromatic N) is 2. The summed E-state index contributed by atoms with van der Waals surface area (Å²) < 4.78 is 14.9. The van der Waals surface area contributed by atoms with Crippen molar-refractivity contribution in [1.82, 2.24) is 9.55 Å². The van der Waals surface area contributed by atoms with Crippen LogP contribution < -0.4 is 10.9 Å². The number of hydrogen-bond donors (Lipinski definition) is 1. The number of thiophene rings is 1. The second kappa shape index (κ2) is 7.36. The lowest BCUT2D eigenvalue weighted by Gasteiger charge is -2.08. The van der Waals surface area contributed by atoms with Gasteiger partial charge >= 0.3 is 0 Å². The third-order valence-corrected chi connectivity index (χ3v) is 5.27. The molecule has 28 heavy (non-hydrogen) atoms. The molecule has 0 bridgehead atoms. The molecule has 0 radical (unpaired) electrons. The molecule has 2 heterocycles. The number of carbonyl (C=O) groups excluding carboxylic acids is 1. The number of fused-ring (bicyclic) bond motifs is 1. The van der Waals surface area contributed by atoms with Crippen LogP contribution in [-0.2, 0) is 11.3 Å². The summed E-state index contributed by atoms with van der Waals surface area (Å²) in [4.78, 5) is 30.2. The minimum absolute atomic E-state index is 0.0745. The van der Waals surface area contributed by atoms with Gasteiger partial charge in [0.25, 0.3) is 5.56 Å². The Labute approximate surface area is 164 Å². The van der Waals surface area contributed by atoms with Gasteiger partial charge in [-0.05, 0) is 24.6 Å². The van der Waals surface area contributed by atoms with Gasteiger partial charge in [-0.2, -0.15) is 0 Å². The first-order valence-corrected chi connectivity index (χ1v) is 9.49. The van der Waals surface area contributed by atoms with Crippen molar-refractivity contribution in [2.24, 2.45) is 0 Å². The minimum Gasteiger partial charge on any atom is -0.322 e. The van der Waals surface area contributed by atoms with Crippen LogP contribution in [-0.4, -0.2) is 15.5 Å². The number of carbonyl (C=O) groups is 1. The first-order valence-electron chi connectivity index (χ1n) is 8.61. The van der Waals surface area contributed by atoms with Crippen LogP contribution in [0.4, 0.5) is 10.1 Å². The fourth-order valence-corrected chi connectivity index (χ4v) is 3.84. The summed E-state index contributed by atoms with van der Waals surface area (Å²) in [5, 5.41) is 4.86. The van der Waals surface area contributed by atoms with E-state index in [2.05, 4.69) is 10.3 Å². The van der Waals surface area contributed by atoms with Crippen molar-refractivity contribution in [2.45, 2.75) is 13.5 Å². The monoisotopic (exact) mass is 393 g/mol. The van der Waals surface area contributed by atoms with E-state index in [9.17, 15) is 14.0 Å². The molecule has 4 rings (SSSR count). The molecular formula is C21H16FN3O2S. The molecule has 0 aliphatic rings. The average Bonchev–Trinajstić information content (AvgIpc) is 3.11. The highest BCUT2D eigenvalue weighted by molar-refractivity contribution is 7.17. The van der Waals surface area contributed by atoms with Crippen LogP contribution in [0, 0.1) is 12.7 Å². The molecule has 0 saturated carbocycles. The third kappa shape index (κ3) is 3.44. The number of hydrogen-bond acceptors (Lipinski definition) is 4. The van der Waals surface area contributed by atoms with Crippen LogP contribution >= 0.6 is 11.3 Å². The number of anilines is 1. The lowest BCUT2D eigenvalue weighted by molar-refractivity contribution is -0.116. The summed E-state index contributed by atoms with van der Waals surface area (Å²) in [6.45, 7) is 1.75. The van der Waals surface area contributed by atoms with Gasteiger partial charge in [0.05, 0.1) is 17.4 Å². The lowest BCUT2D eigenvalue weighted by Crippen LogP contribution is -2.28. The molecule has 1 amide bonds. The van der Waals surface area contributed by atoms with Crippen LogP contribution in [0.5, 0.6) is 0 Å². The van der Waals surface area contributed by atoms with Gasteiger partial charge < -0.3 is 5.32 Å². The Bertz CT molecular complexity index is 1230. The molecule has 0 fully saturated rings. The molecule has 1 N–H and O–H groups in total. The molecule has 0 saturated heterocycles. The van der Waals surface area contributed by atoms with Crippen molar-refractivity contribution in [3.63, 3.8) is 0 Å². The Balaban J connectivity index is 1.67. The van der Waals surface area contributed by atoms with Crippen LogP contribution in [0.3, 0.4) is 0 Å². The number of para-hydroxylation sites is 1. The second-order valence-electron chi connectivity index (χ2n) is 6.40. The summed E-state index contributed by atoms with van der Waals surface area (Å²) in [5.41, 5.74) is 2.62. The Morgan fingerprint density at radius 3 is 2.68 bits per heavy atom. The zero-order valence-electron chi connectivity index (χ0n) is 15.0. The number of nitrogens with one attached hydrogen (secondary N) is 1. The Kier molecular flexibility index (Phi) is 4.75. The normalized spacial score (nSPS) is 10.9. The number of aromatic nitrogens is 2. The van der Waals surface area contributed by atoms with Gasteiger partial charge in [-0.15, -0.1) is 11.3 Å². The molecule has 2 aromatic heterocycles. The molecule has 2 aromatic carbocycles. The maximum atomic E-state index is 13.7. The Morgan fingerprint density at radius 2 is 1.93 bits per heavy atom. The fourth-order valence-electron chi connectivity index (χ4n) is 2.93. The van der Waals surface area contributed by atoms with Crippen LogP contribution in [0.2, 0.25) is 0 Å². The average molecular weight is 393 g/mol. The van der Waals surface area contributed by atoms with E-state index in [1.165, 1.54) is 40.4 Å².